The number of fused-ring (bicyclic) bond motifs is 4. The van der Waals surface area contributed by atoms with Gasteiger partial charge in [-0.05, 0) is 75.5 Å². The quantitative estimate of drug-likeness (QED) is 0.655. The van der Waals surface area contributed by atoms with Crippen LogP contribution in [0.15, 0.2) is 36.7 Å². The van der Waals surface area contributed by atoms with Crippen molar-refractivity contribution in [3.8, 4) is 0 Å². The summed E-state index contributed by atoms with van der Waals surface area (Å²) in [6.45, 7) is 6.76. The van der Waals surface area contributed by atoms with Crippen molar-refractivity contribution in [2.24, 2.45) is 11.8 Å². The molecule has 0 aromatic carbocycles. The van der Waals surface area contributed by atoms with Gasteiger partial charge in [0.05, 0.1) is 17.4 Å². The van der Waals surface area contributed by atoms with Gasteiger partial charge in [-0.1, -0.05) is 25.1 Å². The predicted molar refractivity (Wildman–Crippen MR) is 117 cm³/mol. The zero-order valence-corrected chi connectivity index (χ0v) is 17.9. The fourth-order valence-electron chi connectivity index (χ4n) is 5.76. The van der Waals surface area contributed by atoms with Crippen molar-refractivity contribution in [2.75, 3.05) is 6.54 Å². The van der Waals surface area contributed by atoms with E-state index in [4.69, 9.17) is 9.97 Å². The van der Waals surface area contributed by atoms with Gasteiger partial charge in [0.1, 0.15) is 5.82 Å². The highest BCUT2D eigenvalue weighted by Crippen LogP contribution is 2.42. The lowest BCUT2D eigenvalue weighted by molar-refractivity contribution is 0.0779. The lowest BCUT2D eigenvalue weighted by Gasteiger charge is -2.40. The Morgan fingerprint density at radius 3 is 2.97 bits per heavy atom. The maximum absolute atomic E-state index is 5.12. The summed E-state index contributed by atoms with van der Waals surface area (Å²) in [6.07, 6.45) is 17.6. The zero-order valence-electron chi connectivity index (χ0n) is 17.9. The van der Waals surface area contributed by atoms with Gasteiger partial charge in [-0.25, -0.2) is 4.98 Å². The Hall–Kier alpha value is -1.94. The molecule has 0 bridgehead atoms. The van der Waals surface area contributed by atoms with Crippen molar-refractivity contribution in [1.82, 2.24) is 19.4 Å². The first-order valence-corrected chi connectivity index (χ1v) is 11.6. The van der Waals surface area contributed by atoms with Crippen LogP contribution in [-0.4, -0.2) is 26.0 Å². The fourth-order valence-corrected chi connectivity index (χ4v) is 5.76. The highest BCUT2D eigenvalue weighted by molar-refractivity contribution is 5.26. The van der Waals surface area contributed by atoms with Gasteiger partial charge in [0, 0.05) is 31.4 Å². The van der Waals surface area contributed by atoms with Gasteiger partial charge in [-0.2, -0.15) is 0 Å². The molecule has 2 aromatic rings. The van der Waals surface area contributed by atoms with Crippen LogP contribution < -0.4 is 0 Å². The Labute approximate surface area is 175 Å². The summed E-state index contributed by atoms with van der Waals surface area (Å²) >= 11 is 0. The summed E-state index contributed by atoms with van der Waals surface area (Å²) in [6, 6.07) is 5.34. The molecule has 2 aromatic heterocycles. The highest BCUT2D eigenvalue weighted by atomic mass is 15.2. The molecule has 5 rings (SSSR count). The molecule has 4 heterocycles. The van der Waals surface area contributed by atoms with Gasteiger partial charge >= 0.3 is 0 Å². The number of hydrogen-bond donors (Lipinski definition) is 0. The number of aryl methyl sites for hydroxylation is 2. The molecular formula is C25H34N4. The summed E-state index contributed by atoms with van der Waals surface area (Å²) < 4.78 is 2.45. The first-order chi connectivity index (χ1) is 14.2. The molecule has 0 N–H and O–H groups in total. The topological polar surface area (TPSA) is 34.0 Å². The number of nitrogens with zero attached hydrogens (tertiary/aromatic N) is 4. The Kier molecular flexibility index (Phi) is 5.29. The Morgan fingerprint density at radius 2 is 2.03 bits per heavy atom. The lowest BCUT2D eigenvalue weighted by atomic mass is 9.85. The van der Waals surface area contributed by atoms with Crippen LogP contribution in [0.25, 0.3) is 0 Å². The number of hydrogen-bond acceptors (Lipinski definition) is 3. The molecule has 4 nitrogen and oxygen atoms in total. The molecule has 0 spiro atoms. The van der Waals surface area contributed by atoms with Gasteiger partial charge in [0.25, 0.3) is 0 Å². The van der Waals surface area contributed by atoms with Crippen molar-refractivity contribution < 1.29 is 0 Å². The summed E-state index contributed by atoms with van der Waals surface area (Å²) in [5.74, 6) is 2.55. The molecule has 0 amide bonds. The van der Waals surface area contributed by atoms with E-state index in [1.54, 1.807) is 0 Å². The van der Waals surface area contributed by atoms with Crippen molar-refractivity contribution >= 4 is 0 Å². The van der Waals surface area contributed by atoms with Crippen LogP contribution in [0.1, 0.15) is 80.8 Å². The van der Waals surface area contributed by atoms with Gasteiger partial charge in [0.15, 0.2) is 0 Å². The van der Waals surface area contributed by atoms with E-state index in [1.807, 2.05) is 6.20 Å². The third kappa shape index (κ3) is 3.68. The molecule has 3 aliphatic rings. The number of piperidine rings is 1. The maximum Gasteiger partial charge on any atom is 0.109 e. The zero-order chi connectivity index (χ0) is 19.8. The SMILES string of the molecule is CC1/C=C\CCc2nc(CN3CCC[C@H]4CCCc5cccnc5[C@H]43)cn2C1C. The van der Waals surface area contributed by atoms with Crippen molar-refractivity contribution in [3.05, 3.63) is 59.5 Å². The average Bonchev–Trinajstić information content (AvgIpc) is 3.01. The summed E-state index contributed by atoms with van der Waals surface area (Å²) in [5, 5.41) is 0. The molecule has 1 aliphatic carbocycles. The molecule has 1 fully saturated rings. The van der Waals surface area contributed by atoms with E-state index in [9.17, 15) is 0 Å². The number of pyridine rings is 1. The Morgan fingerprint density at radius 1 is 1.14 bits per heavy atom. The van der Waals surface area contributed by atoms with E-state index in [1.165, 1.54) is 54.9 Å². The Balaban J connectivity index is 1.44. The number of imidazole rings is 1. The van der Waals surface area contributed by atoms with E-state index in [0.29, 0.717) is 18.0 Å². The number of aromatic nitrogens is 3. The summed E-state index contributed by atoms with van der Waals surface area (Å²) in [4.78, 5) is 12.7. The molecule has 1 saturated heterocycles. The van der Waals surface area contributed by atoms with Crippen LogP contribution in [0.4, 0.5) is 0 Å². The minimum absolute atomic E-state index is 0.463. The molecule has 4 atom stereocenters. The molecule has 0 saturated carbocycles. The number of rotatable bonds is 2. The molecular weight excluding hydrogens is 356 g/mol. The Bertz CT molecular complexity index is 883. The van der Waals surface area contributed by atoms with Crippen molar-refractivity contribution in [2.45, 2.75) is 77.4 Å². The second kappa shape index (κ2) is 8.06. The van der Waals surface area contributed by atoms with E-state index >= 15 is 0 Å². The second-order valence-electron chi connectivity index (χ2n) is 9.38. The molecule has 0 radical (unpaired) electrons. The first kappa shape index (κ1) is 19.0. The largest absolute Gasteiger partial charge is 0.331 e. The molecule has 154 valence electrons. The van der Waals surface area contributed by atoms with Gasteiger partial charge in [0.2, 0.25) is 0 Å². The number of allylic oxidation sites excluding steroid dienone is 2. The third-order valence-corrected chi connectivity index (χ3v) is 7.49. The van der Waals surface area contributed by atoms with Crippen LogP contribution in [0, 0.1) is 11.8 Å². The first-order valence-electron chi connectivity index (χ1n) is 11.6. The van der Waals surface area contributed by atoms with Crippen LogP contribution in [-0.2, 0) is 19.4 Å². The lowest BCUT2D eigenvalue weighted by Crippen LogP contribution is -2.38. The predicted octanol–water partition coefficient (Wildman–Crippen LogP) is 5.27. The normalized spacial score (nSPS) is 31.0. The maximum atomic E-state index is 5.12. The molecule has 2 aliphatic heterocycles. The number of likely N-dealkylation sites (tertiary alicyclic amines) is 1. The van der Waals surface area contributed by atoms with Gasteiger partial charge < -0.3 is 4.57 Å². The van der Waals surface area contributed by atoms with E-state index < -0.39 is 0 Å². The monoisotopic (exact) mass is 390 g/mol. The molecule has 29 heavy (non-hydrogen) atoms. The van der Waals surface area contributed by atoms with Gasteiger partial charge in [-0.15, -0.1) is 0 Å². The second-order valence-corrected chi connectivity index (χ2v) is 9.38. The van der Waals surface area contributed by atoms with Crippen LogP contribution in [0.5, 0.6) is 0 Å². The fraction of sp³-hybridized carbons (Fsp3) is 0.600. The van der Waals surface area contributed by atoms with E-state index in [2.05, 4.69) is 53.8 Å². The van der Waals surface area contributed by atoms with Crippen molar-refractivity contribution in [1.29, 1.82) is 0 Å². The minimum atomic E-state index is 0.463. The summed E-state index contributed by atoms with van der Waals surface area (Å²) in [7, 11) is 0. The standard InChI is InChI=1S/C25H34N4/c1-18-8-3-4-13-23-27-22(17-29(23)19(18)2)16-28-15-7-12-21-10-5-9-20-11-6-14-26-24(20)25(21)28/h3,6,8,11,14,17-19,21,25H,4-5,7,9-10,12-13,15-16H2,1-2H3/b8-3-/t18?,19?,21-,25+/m1/s1. The van der Waals surface area contributed by atoms with Crippen LogP contribution in [0.3, 0.4) is 0 Å². The third-order valence-electron chi connectivity index (χ3n) is 7.49. The average molecular weight is 391 g/mol. The van der Waals surface area contributed by atoms with Crippen LogP contribution >= 0.6 is 0 Å². The van der Waals surface area contributed by atoms with Gasteiger partial charge in [-0.3, -0.25) is 9.88 Å². The highest BCUT2D eigenvalue weighted by Gasteiger charge is 2.36. The summed E-state index contributed by atoms with van der Waals surface area (Å²) in [5.41, 5.74) is 4.05. The molecule has 4 heteroatoms. The molecule has 2 unspecified atom stereocenters. The smallest absolute Gasteiger partial charge is 0.109 e. The van der Waals surface area contributed by atoms with E-state index in [-0.39, 0.29) is 0 Å². The van der Waals surface area contributed by atoms with Crippen molar-refractivity contribution in [3.63, 3.8) is 0 Å². The minimum Gasteiger partial charge on any atom is -0.331 e. The van der Waals surface area contributed by atoms with E-state index in [0.717, 1.165) is 31.8 Å². The van der Waals surface area contributed by atoms with Crippen LogP contribution in [0.2, 0.25) is 0 Å².